The van der Waals surface area contributed by atoms with Gasteiger partial charge in [0.2, 0.25) is 5.91 Å². The largest absolute Gasteiger partial charge is 0.343 e. The number of rotatable bonds is 5. The van der Waals surface area contributed by atoms with Crippen molar-refractivity contribution in [1.82, 2.24) is 4.90 Å². The molecule has 0 atom stereocenters. The summed E-state index contributed by atoms with van der Waals surface area (Å²) in [5.41, 5.74) is 2.40. The summed E-state index contributed by atoms with van der Waals surface area (Å²) in [6, 6.07) is 16.8. The zero-order valence-electron chi connectivity index (χ0n) is 13.7. The Morgan fingerprint density at radius 1 is 0.957 bits per heavy atom. The minimum Gasteiger partial charge on any atom is -0.343 e. The second kappa shape index (κ2) is 7.09. The highest BCUT2D eigenvalue weighted by Gasteiger charge is 2.23. The van der Waals surface area contributed by atoms with Crippen molar-refractivity contribution in [2.75, 3.05) is 24.5 Å². The quantitative estimate of drug-likeness (QED) is 0.805. The van der Waals surface area contributed by atoms with Crippen molar-refractivity contribution in [1.29, 1.82) is 0 Å². The maximum atomic E-state index is 12.4. The summed E-state index contributed by atoms with van der Waals surface area (Å²) in [6.45, 7) is 6.33. The van der Waals surface area contributed by atoms with Gasteiger partial charge in [0, 0.05) is 35.8 Å². The van der Waals surface area contributed by atoms with Gasteiger partial charge >= 0.3 is 0 Å². The molecule has 0 bridgehead atoms. The zero-order valence-corrected chi connectivity index (χ0v) is 14.5. The van der Waals surface area contributed by atoms with Crippen molar-refractivity contribution < 1.29 is 4.79 Å². The van der Waals surface area contributed by atoms with Crippen LogP contribution < -0.4 is 4.90 Å². The monoisotopic (exact) mass is 326 g/mol. The van der Waals surface area contributed by atoms with Crippen molar-refractivity contribution in [2.45, 2.75) is 30.1 Å². The fraction of sp³-hybridized carbons (Fsp3) is 0.316. The van der Waals surface area contributed by atoms with Crippen LogP contribution in [-0.2, 0) is 4.79 Å². The molecular formula is C19H22N2OS. The van der Waals surface area contributed by atoms with Crippen LogP contribution in [0.25, 0.3) is 0 Å². The summed E-state index contributed by atoms with van der Waals surface area (Å²) >= 11 is 1.80. The Bertz CT molecular complexity index is 652. The van der Waals surface area contributed by atoms with Crippen molar-refractivity contribution in [3.8, 4) is 0 Å². The topological polar surface area (TPSA) is 23.6 Å². The number of hydrogen-bond acceptors (Lipinski definition) is 3. The van der Waals surface area contributed by atoms with Crippen LogP contribution in [0.5, 0.6) is 0 Å². The third-order valence-electron chi connectivity index (χ3n) is 4.20. The lowest BCUT2D eigenvalue weighted by molar-refractivity contribution is -0.130. The molecule has 0 N–H and O–H groups in total. The zero-order chi connectivity index (χ0) is 16.2. The first-order valence-electron chi connectivity index (χ1n) is 8.15. The Hall–Kier alpha value is -1.94. The molecule has 23 heavy (non-hydrogen) atoms. The van der Waals surface area contributed by atoms with E-state index in [9.17, 15) is 4.79 Å². The van der Waals surface area contributed by atoms with Gasteiger partial charge in [-0.3, -0.25) is 4.79 Å². The number of hydrogen-bond donors (Lipinski definition) is 0. The number of nitrogens with zero attached hydrogens (tertiary/aromatic N) is 2. The molecule has 0 radical (unpaired) electrons. The minimum absolute atomic E-state index is 0.225. The lowest BCUT2D eigenvalue weighted by Crippen LogP contribution is -2.33. The van der Waals surface area contributed by atoms with Gasteiger partial charge in [-0.05, 0) is 38.1 Å². The molecule has 3 nitrogen and oxygen atoms in total. The summed E-state index contributed by atoms with van der Waals surface area (Å²) in [5, 5.41) is 0. The van der Waals surface area contributed by atoms with E-state index >= 15 is 0 Å². The third kappa shape index (κ3) is 3.22. The number of carbonyl (C=O) groups excluding carboxylic acids is 1. The first kappa shape index (κ1) is 15.9. The highest BCUT2D eigenvalue weighted by Crippen LogP contribution is 2.47. The predicted molar refractivity (Wildman–Crippen MR) is 96.6 cm³/mol. The van der Waals surface area contributed by atoms with Crippen LogP contribution in [0, 0.1) is 0 Å². The van der Waals surface area contributed by atoms with Gasteiger partial charge in [-0.1, -0.05) is 36.0 Å². The average Bonchev–Trinajstić information content (AvgIpc) is 2.59. The van der Waals surface area contributed by atoms with Crippen LogP contribution in [-0.4, -0.2) is 30.4 Å². The van der Waals surface area contributed by atoms with Gasteiger partial charge in [0.1, 0.15) is 0 Å². The Morgan fingerprint density at radius 2 is 1.48 bits per heavy atom. The van der Waals surface area contributed by atoms with E-state index in [-0.39, 0.29) is 5.91 Å². The lowest BCUT2D eigenvalue weighted by Gasteiger charge is -2.33. The van der Waals surface area contributed by atoms with Gasteiger partial charge in [0.15, 0.2) is 0 Å². The summed E-state index contributed by atoms with van der Waals surface area (Å²) in [6.07, 6.45) is 0.537. The second-order valence-corrected chi connectivity index (χ2v) is 6.59. The van der Waals surface area contributed by atoms with Crippen molar-refractivity contribution >= 4 is 29.0 Å². The van der Waals surface area contributed by atoms with E-state index < -0.39 is 0 Å². The van der Waals surface area contributed by atoms with Gasteiger partial charge < -0.3 is 9.80 Å². The molecule has 0 unspecified atom stereocenters. The van der Waals surface area contributed by atoms with Gasteiger partial charge in [-0.15, -0.1) is 0 Å². The van der Waals surface area contributed by atoms with E-state index in [0.29, 0.717) is 13.0 Å². The molecule has 0 saturated carbocycles. The van der Waals surface area contributed by atoms with E-state index in [2.05, 4.69) is 53.4 Å². The van der Waals surface area contributed by atoms with Crippen LogP contribution in [0.2, 0.25) is 0 Å². The number of fused-ring (bicyclic) bond motifs is 2. The molecule has 2 aromatic rings. The third-order valence-corrected chi connectivity index (χ3v) is 5.33. The van der Waals surface area contributed by atoms with Crippen LogP contribution >= 0.6 is 11.8 Å². The van der Waals surface area contributed by atoms with E-state index in [1.165, 1.54) is 21.2 Å². The highest BCUT2D eigenvalue weighted by molar-refractivity contribution is 7.99. The predicted octanol–water partition coefficient (Wildman–Crippen LogP) is 4.55. The van der Waals surface area contributed by atoms with Crippen LogP contribution in [0.1, 0.15) is 20.3 Å². The smallest absolute Gasteiger partial charge is 0.224 e. The molecule has 0 aliphatic carbocycles. The highest BCUT2D eigenvalue weighted by atomic mass is 32.2. The van der Waals surface area contributed by atoms with Gasteiger partial charge in [-0.2, -0.15) is 0 Å². The summed E-state index contributed by atoms with van der Waals surface area (Å²) in [5.74, 6) is 0.225. The molecular weight excluding hydrogens is 304 g/mol. The van der Waals surface area contributed by atoms with Crippen LogP contribution in [0.3, 0.4) is 0 Å². The minimum atomic E-state index is 0.225. The summed E-state index contributed by atoms with van der Waals surface area (Å²) in [4.78, 5) is 19.0. The molecule has 1 aliphatic rings. The van der Waals surface area contributed by atoms with E-state index in [1.54, 1.807) is 11.8 Å². The first-order valence-corrected chi connectivity index (χ1v) is 8.97. The Balaban J connectivity index is 1.85. The Kier molecular flexibility index (Phi) is 4.91. The number of para-hydroxylation sites is 2. The SMILES string of the molecule is CCN(CC)C(=O)CCN1c2ccccc2Sc2ccccc21. The Labute approximate surface area is 142 Å². The number of anilines is 2. The molecule has 3 rings (SSSR count). The fourth-order valence-electron chi connectivity index (χ4n) is 2.96. The number of amides is 1. The molecule has 2 aromatic carbocycles. The van der Waals surface area contributed by atoms with E-state index in [4.69, 9.17) is 0 Å². The molecule has 120 valence electrons. The molecule has 0 spiro atoms. The standard InChI is InChI=1S/C19H22N2OS/c1-3-20(4-2)19(22)13-14-21-15-9-5-7-11-17(15)23-18-12-8-6-10-16(18)21/h5-12H,3-4,13-14H2,1-2H3. The van der Waals surface area contributed by atoms with Crippen molar-refractivity contribution in [3.05, 3.63) is 48.5 Å². The lowest BCUT2D eigenvalue weighted by atomic mass is 10.2. The van der Waals surface area contributed by atoms with Crippen molar-refractivity contribution in [3.63, 3.8) is 0 Å². The Morgan fingerprint density at radius 3 is 2.00 bits per heavy atom. The average molecular weight is 326 g/mol. The maximum absolute atomic E-state index is 12.4. The normalized spacial score (nSPS) is 12.5. The maximum Gasteiger partial charge on any atom is 0.224 e. The number of benzene rings is 2. The first-order chi connectivity index (χ1) is 11.2. The molecule has 1 aliphatic heterocycles. The fourth-order valence-corrected chi connectivity index (χ4v) is 4.06. The second-order valence-electron chi connectivity index (χ2n) is 5.51. The molecule has 0 aromatic heterocycles. The molecule has 1 heterocycles. The van der Waals surface area contributed by atoms with E-state index in [1.807, 2.05) is 18.7 Å². The molecule has 1 amide bonds. The van der Waals surface area contributed by atoms with Gasteiger partial charge in [-0.25, -0.2) is 0 Å². The molecule has 0 fully saturated rings. The van der Waals surface area contributed by atoms with Gasteiger partial charge in [0.25, 0.3) is 0 Å². The van der Waals surface area contributed by atoms with E-state index in [0.717, 1.165) is 13.1 Å². The molecule has 4 heteroatoms. The van der Waals surface area contributed by atoms with Crippen molar-refractivity contribution in [2.24, 2.45) is 0 Å². The van der Waals surface area contributed by atoms with Gasteiger partial charge in [0.05, 0.1) is 11.4 Å². The van der Waals surface area contributed by atoms with Crippen LogP contribution in [0.4, 0.5) is 11.4 Å². The van der Waals surface area contributed by atoms with Crippen LogP contribution in [0.15, 0.2) is 58.3 Å². The summed E-state index contributed by atoms with van der Waals surface area (Å²) in [7, 11) is 0. The number of carbonyl (C=O) groups is 1. The summed E-state index contributed by atoms with van der Waals surface area (Å²) < 4.78 is 0. The molecule has 0 saturated heterocycles.